The van der Waals surface area contributed by atoms with Gasteiger partial charge in [0.1, 0.15) is 0 Å². The lowest BCUT2D eigenvalue weighted by Gasteiger charge is -2.02. The van der Waals surface area contributed by atoms with Gasteiger partial charge in [0.2, 0.25) is 0 Å². The molecule has 0 fully saturated rings. The van der Waals surface area contributed by atoms with Gasteiger partial charge in [0, 0.05) is 6.42 Å². The van der Waals surface area contributed by atoms with E-state index in [-0.39, 0.29) is 5.97 Å². The molecule has 0 radical (unpaired) electrons. The zero-order chi connectivity index (χ0) is 10.6. The number of hydrogen-bond donors (Lipinski definition) is 0. The van der Waals surface area contributed by atoms with E-state index in [1.165, 1.54) is 0 Å². The summed E-state index contributed by atoms with van der Waals surface area (Å²) >= 11 is 0. The Bertz CT molecular complexity index is 162. The van der Waals surface area contributed by atoms with Gasteiger partial charge < -0.3 is 4.74 Å². The molecule has 0 heterocycles. The third-order valence-electron chi connectivity index (χ3n) is 1.92. The summed E-state index contributed by atoms with van der Waals surface area (Å²) in [6.45, 7) is 4.78. The molecular formula is C12H22O2. The number of hydrogen-bond acceptors (Lipinski definition) is 2. The highest BCUT2D eigenvalue weighted by Crippen LogP contribution is 2.00. The van der Waals surface area contributed by atoms with Crippen LogP contribution in [0, 0.1) is 0 Å². The normalized spacial score (nSPS) is 10.7. The van der Waals surface area contributed by atoms with Crippen LogP contribution in [0.3, 0.4) is 0 Å². The molecule has 2 nitrogen and oxygen atoms in total. The third-order valence-corrected chi connectivity index (χ3v) is 1.92. The van der Waals surface area contributed by atoms with Crippen molar-refractivity contribution < 1.29 is 9.53 Å². The van der Waals surface area contributed by atoms with Crippen molar-refractivity contribution in [2.45, 2.75) is 52.4 Å². The van der Waals surface area contributed by atoms with Crippen LogP contribution in [0.15, 0.2) is 12.2 Å². The van der Waals surface area contributed by atoms with Gasteiger partial charge in [-0.25, -0.2) is 0 Å². The zero-order valence-corrected chi connectivity index (χ0v) is 9.42. The maximum Gasteiger partial charge on any atom is 0.305 e. The number of carbonyl (C=O) groups is 1. The zero-order valence-electron chi connectivity index (χ0n) is 9.42. The molecule has 2 heteroatoms. The highest BCUT2D eigenvalue weighted by Gasteiger charge is 2.00. The summed E-state index contributed by atoms with van der Waals surface area (Å²) in [7, 11) is 0. The molecule has 0 aromatic carbocycles. The molecule has 0 atom stereocenters. The van der Waals surface area contributed by atoms with Gasteiger partial charge in [-0.05, 0) is 25.7 Å². The second-order valence-electron chi connectivity index (χ2n) is 3.35. The molecule has 82 valence electrons. The van der Waals surface area contributed by atoms with E-state index in [1.54, 1.807) is 0 Å². The fourth-order valence-electron chi connectivity index (χ4n) is 1.05. The molecule has 0 bridgehead atoms. The van der Waals surface area contributed by atoms with Crippen LogP contribution in [0.5, 0.6) is 0 Å². The standard InChI is InChI=1S/C12H22O2/c1-3-5-7-8-9-10-12(13)14-11-6-4-2/h5,7H,3-4,6,8-11H2,1-2H3/b7-5+. The first-order chi connectivity index (χ1) is 6.81. The van der Waals surface area contributed by atoms with Gasteiger partial charge in [0.15, 0.2) is 0 Å². The molecule has 0 N–H and O–H groups in total. The smallest absolute Gasteiger partial charge is 0.305 e. The van der Waals surface area contributed by atoms with Gasteiger partial charge in [-0.3, -0.25) is 4.79 Å². The number of carbonyl (C=O) groups excluding carboxylic acids is 1. The number of esters is 1. The first kappa shape index (κ1) is 13.2. The maximum atomic E-state index is 11.1. The molecule has 0 saturated carbocycles. The number of allylic oxidation sites excluding steroid dienone is 2. The lowest BCUT2D eigenvalue weighted by Crippen LogP contribution is -2.04. The number of rotatable bonds is 8. The molecule has 0 aliphatic rings. The van der Waals surface area contributed by atoms with Crippen LogP contribution in [0.1, 0.15) is 52.4 Å². The fourth-order valence-corrected chi connectivity index (χ4v) is 1.05. The maximum absolute atomic E-state index is 11.1. The van der Waals surface area contributed by atoms with E-state index in [4.69, 9.17) is 4.74 Å². The van der Waals surface area contributed by atoms with Crippen molar-refractivity contribution in [1.82, 2.24) is 0 Å². The van der Waals surface area contributed by atoms with Gasteiger partial charge in [0.05, 0.1) is 6.61 Å². The summed E-state index contributed by atoms with van der Waals surface area (Å²) in [6.07, 6.45) is 9.81. The lowest BCUT2D eigenvalue weighted by molar-refractivity contribution is -0.143. The fraction of sp³-hybridized carbons (Fsp3) is 0.750. The molecule has 0 saturated heterocycles. The Kier molecular flexibility index (Phi) is 9.71. The molecule has 0 rings (SSSR count). The highest BCUT2D eigenvalue weighted by atomic mass is 16.5. The third kappa shape index (κ3) is 9.30. The van der Waals surface area contributed by atoms with Crippen LogP contribution in [0.25, 0.3) is 0 Å². The second kappa shape index (κ2) is 10.3. The SMILES string of the molecule is CC/C=C/CCCC(=O)OCCCC. The van der Waals surface area contributed by atoms with Gasteiger partial charge >= 0.3 is 5.97 Å². The Morgan fingerprint density at radius 3 is 2.64 bits per heavy atom. The summed E-state index contributed by atoms with van der Waals surface area (Å²) < 4.78 is 5.03. The Balaban J connectivity index is 3.22. The average Bonchev–Trinajstić information content (AvgIpc) is 2.18. The minimum absolute atomic E-state index is 0.0525. The first-order valence-electron chi connectivity index (χ1n) is 5.61. The largest absolute Gasteiger partial charge is 0.466 e. The van der Waals surface area contributed by atoms with Crippen molar-refractivity contribution in [1.29, 1.82) is 0 Å². The molecule has 0 aromatic rings. The van der Waals surface area contributed by atoms with Gasteiger partial charge in [-0.1, -0.05) is 32.4 Å². The van der Waals surface area contributed by atoms with E-state index >= 15 is 0 Å². The van der Waals surface area contributed by atoms with E-state index in [0.717, 1.165) is 32.1 Å². The van der Waals surface area contributed by atoms with Crippen LogP contribution in [-0.4, -0.2) is 12.6 Å². The predicted octanol–water partition coefficient (Wildman–Crippen LogP) is 3.47. The summed E-state index contributed by atoms with van der Waals surface area (Å²) in [5.41, 5.74) is 0. The van der Waals surface area contributed by atoms with Crippen molar-refractivity contribution in [3.8, 4) is 0 Å². The van der Waals surface area contributed by atoms with E-state index in [2.05, 4.69) is 26.0 Å². The summed E-state index contributed by atoms with van der Waals surface area (Å²) in [5, 5.41) is 0. The molecule has 0 unspecified atom stereocenters. The quantitative estimate of drug-likeness (QED) is 0.339. The van der Waals surface area contributed by atoms with E-state index < -0.39 is 0 Å². The summed E-state index contributed by atoms with van der Waals surface area (Å²) in [5.74, 6) is -0.0525. The van der Waals surface area contributed by atoms with E-state index in [1.807, 2.05) is 0 Å². The van der Waals surface area contributed by atoms with E-state index in [0.29, 0.717) is 13.0 Å². The van der Waals surface area contributed by atoms with Crippen molar-refractivity contribution >= 4 is 5.97 Å². The average molecular weight is 198 g/mol. The molecule has 0 aromatic heterocycles. The lowest BCUT2D eigenvalue weighted by atomic mass is 10.2. The van der Waals surface area contributed by atoms with Gasteiger partial charge in [0.25, 0.3) is 0 Å². The highest BCUT2D eigenvalue weighted by molar-refractivity contribution is 5.69. The van der Waals surface area contributed by atoms with E-state index in [9.17, 15) is 4.79 Å². The van der Waals surface area contributed by atoms with Gasteiger partial charge in [-0.2, -0.15) is 0 Å². The molecule has 0 aliphatic heterocycles. The predicted molar refractivity (Wildman–Crippen MR) is 59.1 cm³/mol. The van der Waals surface area contributed by atoms with Crippen molar-refractivity contribution in [2.75, 3.05) is 6.61 Å². The van der Waals surface area contributed by atoms with Crippen molar-refractivity contribution in [2.24, 2.45) is 0 Å². The Hall–Kier alpha value is -0.790. The Labute approximate surface area is 87.3 Å². The minimum Gasteiger partial charge on any atom is -0.466 e. The topological polar surface area (TPSA) is 26.3 Å². The molecule has 14 heavy (non-hydrogen) atoms. The first-order valence-corrected chi connectivity index (χ1v) is 5.61. The van der Waals surface area contributed by atoms with Crippen molar-refractivity contribution in [3.05, 3.63) is 12.2 Å². The van der Waals surface area contributed by atoms with Crippen LogP contribution in [0.4, 0.5) is 0 Å². The van der Waals surface area contributed by atoms with Gasteiger partial charge in [-0.15, -0.1) is 0 Å². The molecular weight excluding hydrogens is 176 g/mol. The van der Waals surface area contributed by atoms with Crippen LogP contribution in [0.2, 0.25) is 0 Å². The van der Waals surface area contributed by atoms with Crippen molar-refractivity contribution in [3.63, 3.8) is 0 Å². The van der Waals surface area contributed by atoms with Crippen LogP contribution >= 0.6 is 0 Å². The second-order valence-corrected chi connectivity index (χ2v) is 3.35. The summed E-state index contributed by atoms with van der Waals surface area (Å²) in [6, 6.07) is 0. The molecule has 0 aliphatic carbocycles. The minimum atomic E-state index is -0.0525. The molecule has 0 amide bonds. The monoisotopic (exact) mass is 198 g/mol. The van der Waals surface area contributed by atoms with Crippen LogP contribution in [-0.2, 0) is 9.53 Å². The number of ether oxygens (including phenoxy) is 1. The Morgan fingerprint density at radius 2 is 2.00 bits per heavy atom. The summed E-state index contributed by atoms with van der Waals surface area (Å²) in [4.78, 5) is 11.1. The number of unbranched alkanes of at least 4 members (excludes halogenated alkanes) is 2. The van der Waals surface area contributed by atoms with Crippen LogP contribution < -0.4 is 0 Å². The molecule has 0 spiro atoms. The Morgan fingerprint density at radius 1 is 1.21 bits per heavy atom.